The van der Waals surface area contributed by atoms with E-state index in [2.05, 4.69) is 138 Å². The van der Waals surface area contributed by atoms with Gasteiger partial charge < -0.3 is 51.9 Å². The smallest absolute Gasteiger partial charge is 0.410 e. The van der Waals surface area contributed by atoms with Gasteiger partial charge in [-0.25, -0.2) is 19.6 Å². The van der Waals surface area contributed by atoms with Crippen LogP contribution in [0.25, 0.3) is 32.3 Å². The number of carbonyl (C=O) groups is 2. The van der Waals surface area contributed by atoms with E-state index in [0.717, 1.165) is 67.6 Å². The van der Waals surface area contributed by atoms with Crippen LogP contribution < -0.4 is 32.1 Å². The van der Waals surface area contributed by atoms with Gasteiger partial charge in [-0.05, 0) is 180 Å². The van der Waals surface area contributed by atoms with Crippen LogP contribution >= 0.6 is 12.4 Å². The molecule has 16 heteroatoms. The quantitative estimate of drug-likeness (QED) is 0.0218. The number of aromatic nitrogens is 3. The van der Waals surface area contributed by atoms with Gasteiger partial charge in [0.05, 0.1) is 0 Å². The Labute approximate surface area is 547 Å². The van der Waals surface area contributed by atoms with E-state index in [-0.39, 0.29) is 44.1 Å². The summed E-state index contributed by atoms with van der Waals surface area (Å²) in [5, 5.41) is 28.3. The van der Waals surface area contributed by atoms with Gasteiger partial charge in [0.15, 0.2) is 12.4 Å². The van der Waals surface area contributed by atoms with Gasteiger partial charge in [-0.3, -0.25) is 0 Å². The molecule has 3 aromatic heterocycles. The number of nitrogens with one attached hydrogen (secondary N) is 3. The van der Waals surface area contributed by atoms with Crippen molar-refractivity contribution in [3.63, 3.8) is 0 Å². The maximum atomic E-state index is 12.8. The van der Waals surface area contributed by atoms with E-state index in [9.17, 15) is 14.8 Å². The Balaban J connectivity index is 0.000000247. The minimum atomic E-state index is -0.536. The Morgan fingerprint density at radius 3 is 1.33 bits per heavy atom. The number of nitrogens with zero attached hydrogens (tertiary/aromatic N) is 5. The third-order valence-corrected chi connectivity index (χ3v) is 15.0. The van der Waals surface area contributed by atoms with Gasteiger partial charge in [-0.15, -0.1) is 12.4 Å². The van der Waals surface area contributed by atoms with Crippen LogP contribution in [0.2, 0.25) is 0 Å². The molecule has 7 N–H and O–H groups in total. The molecule has 15 nitrogen and oxygen atoms in total. The number of fused-ring (bicyclic) bond motifs is 3. The number of nitrogens with two attached hydrogens (primary N) is 2. The predicted molar refractivity (Wildman–Crippen MR) is 378 cm³/mol. The van der Waals surface area contributed by atoms with E-state index in [1.807, 2.05) is 114 Å². The molecule has 0 aliphatic rings. The summed E-state index contributed by atoms with van der Waals surface area (Å²) in [5.41, 5.74) is 18.2. The molecule has 2 amide bonds. The van der Waals surface area contributed by atoms with Crippen molar-refractivity contribution in [2.24, 2.45) is 0 Å². The molecule has 0 radical (unpaired) electrons. The van der Waals surface area contributed by atoms with Gasteiger partial charge >= 0.3 is 12.2 Å². The zero-order chi connectivity index (χ0) is 63.8. The minimum Gasteiger partial charge on any atom is -0.619 e. The Morgan fingerprint density at radius 2 is 0.901 bits per heavy atom. The first-order valence-electron chi connectivity index (χ1n) is 31.3. The predicted octanol–water partition coefficient (Wildman–Crippen LogP) is 15.0. The van der Waals surface area contributed by atoms with Crippen LogP contribution in [0, 0.1) is 5.21 Å². The van der Waals surface area contributed by atoms with E-state index >= 15 is 0 Å². The van der Waals surface area contributed by atoms with Crippen molar-refractivity contribution in [2.75, 3.05) is 37.6 Å². The number of anilines is 2. The van der Waals surface area contributed by atoms with E-state index in [1.54, 1.807) is 28.4 Å². The number of halogens is 1. The van der Waals surface area contributed by atoms with E-state index in [0.29, 0.717) is 56.9 Å². The van der Waals surface area contributed by atoms with Gasteiger partial charge in [-0.2, -0.15) is 4.73 Å². The Kier molecular flexibility index (Phi) is 29.4. The third-order valence-electron chi connectivity index (χ3n) is 15.0. The Morgan fingerprint density at radius 1 is 0.505 bits per heavy atom. The maximum absolute atomic E-state index is 12.8. The zero-order valence-electron chi connectivity index (χ0n) is 54.2. The molecule has 9 rings (SSSR count). The van der Waals surface area contributed by atoms with Gasteiger partial charge in [0.1, 0.15) is 22.8 Å². The van der Waals surface area contributed by atoms with Gasteiger partial charge in [-0.1, -0.05) is 135 Å². The van der Waals surface area contributed by atoms with E-state index < -0.39 is 11.2 Å². The molecule has 0 saturated carbocycles. The Bertz CT molecular complexity index is 3620. The molecular weight excluding hydrogens is 1160 g/mol. The largest absolute Gasteiger partial charge is 0.619 e. The molecule has 3 atom stereocenters. The molecule has 0 bridgehead atoms. The highest BCUT2D eigenvalue weighted by Crippen LogP contribution is 2.23. The highest BCUT2D eigenvalue weighted by atomic mass is 35.5. The summed E-state index contributed by atoms with van der Waals surface area (Å²) in [7, 11) is 0. The molecule has 91 heavy (non-hydrogen) atoms. The fourth-order valence-corrected chi connectivity index (χ4v) is 10.2. The number of hydrogen-bond donors (Lipinski definition) is 5. The third kappa shape index (κ3) is 25.8. The lowest BCUT2D eigenvalue weighted by Crippen LogP contribution is -2.45. The molecular formula is C75H99ClN10O5. The summed E-state index contributed by atoms with van der Waals surface area (Å²) in [4.78, 5) is 37.5. The number of hydrogen-bond acceptors (Lipinski definition) is 12. The van der Waals surface area contributed by atoms with Crippen molar-refractivity contribution < 1.29 is 23.8 Å². The van der Waals surface area contributed by atoms with Crippen LogP contribution in [0.3, 0.4) is 0 Å². The molecule has 0 spiro atoms. The lowest BCUT2D eigenvalue weighted by Gasteiger charge is -2.29. The highest BCUT2D eigenvalue weighted by molar-refractivity contribution is 5.92. The van der Waals surface area contributed by atoms with Gasteiger partial charge in [0, 0.05) is 98.6 Å². The van der Waals surface area contributed by atoms with E-state index in [4.69, 9.17) is 20.9 Å². The van der Waals surface area contributed by atoms with Crippen molar-refractivity contribution in [1.82, 2.24) is 35.7 Å². The molecule has 9 aromatic rings. The second-order valence-corrected chi connectivity index (χ2v) is 25.2. The fraction of sp³-hybridized carbons (Fsp3) is 0.373. The van der Waals surface area contributed by atoms with Gasteiger partial charge in [0.2, 0.25) is 0 Å². The zero-order valence-corrected chi connectivity index (χ0v) is 55.0. The number of pyridine rings is 3. The highest BCUT2D eigenvalue weighted by Gasteiger charge is 2.25. The summed E-state index contributed by atoms with van der Waals surface area (Å²) in [6.07, 6.45) is 12.4. The maximum Gasteiger partial charge on any atom is 0.410 e. The summed E-state index contributed by atoms with van der Waals surface area (Å²) < 4.78 is 12.1. The normalized spacial score (nSPS) is 12.2. The van der Waals surface area contributed by atoms with Crippen molar-refractivity contribution in [3.8, 4) is 0 Å². The van der Waals surface area contributed by atoms with Crippen molar-refractivity contribution in [2.45, 2.75) is 157 Å². The van der Waals surface area contributed by atoms with Crippen LogP contribution in [-0.4, -0.2) is 87.5 Å². The average Bonchev–Trinajstić information content (AvgIpc) is 1.31. The summed E-state index contributed by atoms with van der Waals surface area (Å²) in [6, 6.07) is 56.2. The molecule has 0 aliphatic carbocycles. The lowest BCUT2D eigenvalue weighted by atomic mass is 10.0. The second kappa shape index (κ2) is 36.5. The molecule has 6 aromatic carbocycles. The Hall–Kier alpha value is -8.34. The topological polar surface area (TPSA) is 200 Å². The van der Waals surface area contributed by atoms with Crippen molar-refractivity contribution in [3.05, 3.63) is 227 Å². The number of nitrogen functional groups attached to an aromatic ring is 2. The molecule has 0 saturated heterocycles. The molecule has 0 fully saturated rings. The summed E-state index contributed by atoms with van der Waals surface area (Å²) in [5.74, 6) is 1.14. The van der Waals surface area contributed by atoms with Crippen LogP contribution in [0.1, 0.15) is 122 Å². The first-order valence-corrected chi connectivity index (χ1v) is 31.3. The molecule has 486 valence electrons. The number of benzene rings is 6. The van der Waals surface area contributed by atoms with Crippen LogP contribution in [0.15, 0.2) is 189 Å². The number of carbonyl (C=O) groups excluding carboxylic acids is 2. The first kappa shape index (κ1) is 73.4. The van der Waals surface area contributed by atoms with Gasteiger partial charge in [0.25, 0.3) is 0 Å². The molecule has 0 aliphatic heterocycles. The monoisotopic (exact) mass is 1250 g/mol. The number of amides is 2. The average molecular weight is 1260 g/mol. The first-order chi connectivity index (χ1) is 42.6. The summed E-state index contributed by atoms with van der Waals surface area (Å²) >= 11 is 0. The number of ether oxygens (including phenoxy) is 2. The number of unbranched alkanes of at least 4 members (excludes halogenated alkanes) is 1. The minimum absolute atomic E-state index is 0. The number of rotatable bonds is 24. The van der Waals surface area contributed by atoms with Crippen LogP contribution in [0.4, 0.5) is 21.2 Å². The fourth-order valence-electron chi connectivity index (χ4n) is 10.2. The van der Waals surface area contributed by atoms with E-state index in [1.165, 1.54) is 54.1 Å². The van der Waals surface area contributed by atoms with Crippen LogP contribution in [0.5, 0.6) is 0 Å². The molecule has 3 heterocycles. The number of aryl methyl sites for hydroxylation is 1. The second-order valence-electron chi connectivity index (χ2n) is 25.2. The summed E-state index contributed by atoms with van der Waals surface area (Å²) in [6.45, 7) is 22.3. The lowest BCUT2D eigenvalue weighted by molar-refractivity contribution is -0.603. The SMILES string of the molecule is C.C[C@H](CCCCc1ccccc1)NCc1ccc2c(N)nccc2c1.C[C@H](CN(CCc1ccccc1)C(=O)OC(C)(C)C)NCc1ccc2c(N)nccc2c1.C[C@H](CN(CCc1ccccc1)C(=O)OC(C)(C)C)NCc1ccc2c[n+]([O-])ccc2c1.Cl. The van der Waals surface area contributed by atoms with Crippen molar-refractivity contribution in [1.29, 1.82) is 0 Å². The molecule has 0 unspecified atom stereocenters. The van der Waals surface area contributed by atoms with Crippen molar-refractivity contribution >= 4 is 68.5 Å². The standard InChI is InChI=1S/C26H34N4O2.C26H33N3O3.C22H27N3.CH4.ClH/c1-19(29-17-21-10-11-23-22(16-21)12-14-28-24(23)27)18-30(25(31)32-26(2,3)4)15-13-20-8-6-5-7-9-20;1-20(27-17-22-10-11-24-19-29(31)15-13-23(24)16-22)18-28(25(30)32-26(2,3)4)14-12-21-8-6-5-7-9-21;1-17(7-5-6-10-18-8-3-2-4-9-18)25-16-19-11-12-21-20(15-19)13-14-24-22(21)23;;/h5-12,14,16,19,29H,13,15,17-18H2,1-4H3,(H2,27,28);5-11,13,15-16,19-20,27H,12,14,17-18H2,1-4H3;2-4,8-9,11-15,17,25H,5-7,10,16H2,1H3,(H2,23,24);1H4;1H/t19-;20-;17-;;/m111../s1. The van der Waals surface area contributed by atoms with Crippen LogP contribution in [-0.2, 0) is 48.4 Å².